The van der Waals surface area contributed by atoms with Crippen molar-refractivity contribution in [1.29, 1.82) is 0 Å². The lowest BCUT2D eigenvalue weighted by atomic mass is 10.1. The van der Waals surface area contributed by atoms with Crippen LogP contribution >= 0.6 is 0 Å². The molecule has 0 aliphatic carbocycles. The first kappa shape index (κ1) is 12.8. The van der Waals surface area contributed by atoms with Crippen LogP contribution in [0.3, 0.4) is 0 Å². The zero-order chi connectivity index (χ0) is 13.1. The molecule has 0 spiro atoms. The van der Waals surface area contributed by atoms with Gasteiger partial charge in [-0.05, 0) is 31.5 Å². The van der Waals surface area contributed by atoms with Crippen molar-refractivity contribution in [3.8, 4) is 0 Å². The van der Waals surface area contributed by atoms with Gasteiger partial charge in [-0.15, -0.1) is 0 Å². The van der Waals surface area contributed by atoms with Gasteiger partial charge in [-0.1, -0.05) is 0 Å². The molecule has 98 valence electrons. The van der Waals surface area contributed by atoms with Crippen molar-refractivity contribution in [2.45, 2.75) is 32.4 Å². The van der Waals surface area contributed by atoms with E-state index in [0.717, 1.165) is 6.42 Å². The fraction of sp³-hybridized carbons (Fsp3) is 0.462. The van der Waals surface area contributed by atoms with E-state index in [1.165, 1.54) is 19.1 Å². The van der Waals surface area contributed by atoms with Gasteiger partial charge in [-0.2, -0.15) is 0 Å². The number of ether oxygens (including phenoxy) is 1. The number of anilines is 2. The topological polar surface area (TPSA) is 50.4 Å². The molecule has 1 aliphatic heterocycles. The molecular formula is C13H17FN2O2. The maximum absolute atomic E-state index is 13.7. The lowest BCUT2D eigenvalue weighted by molar-refractivity contribution is -0.114. The largest absolute Gasteiger partial charge is 0.377 e. The monoisotopic (exact) mass is 252 g/mol. The number of amides is 1. The maximum atomic E-state index is 13.7. The van der Waals surface area contributed by atoms with Gasteiger partial charge in [0.2, 0.25) is 5.91 Å². The van der Waals surface area contributed by atoms with Crippen LogP contribution in [0.5, 0.6) is 0 Å². The summed E-state index contributed by atoms with van der Waals surface area (Å²) in [5.74, 6) is -0.506. The molecule has 18 heavy (non-hydrogen) atoms. The van der Waals surface area contributed by atoms with Crippen LogP contribution in [0.25, 0.3) is 0 Å². The molecule has 1 saturated heterocycles. The summed E-state index contributed by atoms with van der Waals surface area (Å²) in [6.07, 6.45) is 0.916. The lowest BCUT2D eigenvalue weighted by Crippen LogP contribution is -2.27. The van der Waals surface area contributed by atoms with E-state index in [0.29, 0.717) is 18.0 Å². The quantitative estimate of drug-likeness (QED) is 0.868. The molecule has 0 saturated carbocycles. The molecule has 1 amide bonds. The fourth-order valence-corrected chi connectivity index (χ4v) is 2.04. The Kier molecular flexibility index (Phi) is 3.81. The van der Waals surface area contributed by atoms with Gasteiger partial charge in [0, 0.05) is 19.2 Å². The average molecular weight is 252 g/mol. The number of carbonyl (C=O) groups is 1. The first-order valence-electron chi connectivity index (χ1n) is 6.01. The molecule has 1 aliphatic rings. The maximum Gasteiger partial charge on any atom is 0.221 e. The number of hydrogen-bond donors (Lipinski definition) is 2. The van der Waals surface area contributed by atoms with Crippen LogP contribution in [0.4, 0.5) is 15.8 Å². The molecule has 2 rings (SSSR count). The number of hydrogen-bond acceptors (Lipinski definition) is 3. The van der Waals surface area contributed by atoms with Crippen molar-refractivity contribution in [1.82, 2.24) is 0 Å². The van der Waals surface area contributed by atoms with Crippen LogP contribution in [-0.2, 0) is 9.53 Å². The highest BCUT2D eigenvalue weighted by Crippen LogP contribution is 2.24. The summed E-state index contributed by atoms with van der Waals surface area (Å²) < 4.78 is 19.1. The van der Waals surface area contributed by atoms with Crippen molar-refractivity contribution in [3.05, 3.63) is 24.0 Å². The third-order valence-electron chi connectivity index (χ3n) is 3.00. The fourth-order valence-electron chi connectivity index (χ4n) is 2.04. The van der Waals surface area contributed by atoms with E-state index in [1.807, 2.05) is 6.92 Å². The van der Waals surface area contributed by atoms with E-state index in [2.05, 4.69) is 10.6 Å². The zero-order valence-electron chi connectivity index (χ0n) is 10.5. The molecular weight excluding hydrogens is 235 g/mol. The summed E-state index contributed by atoms with van der Waals surface area (Å²) in [6.45, 7) is 4.06. The Bertz CT molecular complexity index is 451. The molecule has 2 unspecified atom stereocenters. The van der Waals surface area contributed by atoms with Crippen LogP contribution in [0.1, 0.15) is 20.3 Å². The zero-order valence-corrected chi connectivity index (χ0v) is 10.5. The molecule has 1 fully saturated rings. The van der Waals surface area contributed by atoms with E-state index in [9.17, 15) is 9.18 Å². The smallest absolute Gasteiger partial charge is 0.221 e. The number of nitrogens with one attached hydrogen (secondary N) is 2. The van der Waals surface area contributed by atoms with E-state index in [1.54, 1.807) is 6.07 Å². The van der Waals surface area contributed by atoms with Crippen molar-refractivity contribution in [3.63, 3.8) is 0 Å². The predicted molar refractivity (Wildman–Crippen MR) is 68.1 cm³/mol. The minimum atomic E-state index is -0.330. The van der Waals surface area contributed by atoms with Crippen LogP contribution in [0, 0.1) is 5.82 Å². The van der Waals surface area contributed by atoms with Gasteiger partial charge in [-0.25, -0.2) is 4.39 Å². The van der Waals surface area contributed by atoms with Crippen molar-refractivity contribution < 1.29 is 13.9 Å². The van der Waals surface area contributed by atoms with Crippen LogP contribution in [0.15, 0.2) is 18.2 Å². The Hall–Kier alpha value is -1.62. The number of halogens is 1. The predicted octanol–water partition coefficient (Wildman–Crippen LogP) is 2.37. The minimum absolute atomic E-state index is 0.0637. The Morgan fingerprint density at radius 3 is 2.89 bits per heavy atom. The Morgan fingerprint density at radius 1 is 1.50 bits per heavy atom. The van der Waals surface area contributed by atoms with Gasteiger partial charge >= 0.3 is 0 Å². The van der Waals surface area contributed by atoms with E-state index >= 15 is 0 Å². The second-order valence-electron chi connectivity index (χ2n) is 4.49. The van der Waals surface area contributed by atoms with Crippen LogP contribution < -0.4 is 10.6 Å². The summed E-state index contributed by atoms with van der Waals surface area (Å²) in [4.78, 5) is 11.0. The first-order chi connectivity index (χ1) is 8.56. The summed E-state index contributed by atoms with van der Waals surface area (Å²) in [6, 6.07) is 4.58. The highest BCUT2D eigenvalue weighted by atomic mass is 19.1. The van der Waals surface area contributed by atoms with Crippen molar-refractivity contribution in [2.75, 3.05) is 17.2 Å². The third-order valence-corrected chi connectivity index (χ3v) is 3.00. The molecule has 2 N–H and O–H groups in total. The molecule has 4 nitrogen and oxygen atoms in total. The highest BCUT2D eigenvalue weighted by molar-refractivity contribution is 5.89. The highest BCUT2D eigenvalue weighted by Gasteiger charge is 2.24. The van der Waals surface area contributed by atoms with Gasteiger partial charge in [0.1, 0.15) is 5.82 Å². The Morgan fingerprint density at radius 2 is 2.28 bits per heavy atom. The number of benzene rings is 1. The van der Waals surface area contributed by atoms with Crippen molar-refractivity contribution in [2.24, 2.45) is 0 Å². The molecule has 5 heteroatoms. The second kappa shape index (κ2) is 5.35. The van der Waals surface area contributed by atoms with Gasteiger partial charge in [0.25, 0.3) is 0 Å². The Labute approximate surface area is 106 Å². The van der Waals surface area contributed by atoms with Gasteiger partial charge < -0.3 is 15.4 Å². The van der Waals surface area contributed by atoms with Gasteiger partial charge in [-0.3, -0.25) is 4.79 Å². The average Bonchev–Trinajstić information content (AvgIpc) is 2.69. The molecule has 0 aromatic heterocycles. The summed E-state index contributed by atoms with van der Waals surface area (Å²) in [5, 5.41) is 5.75. The number of rotatable bonds is 3. The summed E-state index contributed by atoms with van der Waals surface area (Å²) in [5.41, 5.74) is 0.974. The van der Waals surface area contributed by atoms with E-state index in [4.69, 9.17) is 4.74 Å². The van der Waals surface area contributed by atoms with Gasteiger partial charge in [0.15, 0.2) is 0 Å². The standard InChI is InChI=1S/C13H17FN2O2/c1-8-12(5-6-18-8)16-13-7-10(15-9(2)17)3-4-11(13)14/h3-4,7-8,12,16H,5-6H2,1-2H3,(H,15,17). The van der Waals surface area contributed by atoms with E-state index < -0.39 is 0 Å². The van der Waals surface area contributed by atoms with Crippen LogP contribution in [-0.4, -0.2) is 24.7 Å². The van der Waals surface area contributed by atoms with E-state index in [-0.39, 0.29) is 23.9 Å². The summed E-state index contributed by atoms with van der Waals surface area (Å²) in [7, 11) is 0. The lowest BCUT2D eigenvalue weighted by Gasteiger charge is -2.18. The molecule has 0 radical (unpaired) electrons. The molecule has 1 aromatic carbocycles. The molecule has 0 bridgehead atoms. The second-order valence-corrected chi connectivity index (χ2v) is 4.49. The molecule has 1 aromatic rings. The summed E-state index contributed by atoms with van der Waals surface area (Å²) >= 11 is 0. The van der Waals surface area contributed by atoms with Gasteiger partial charge in [0.05, 0.1) is 17.8 Å². The van der Waals surface area contributed by atoms with Crippen LogP contribution in [0.2, 0.25) is 0 Å². The SMILES string of the molecule is CC(=O)Nc1ccc(F)c(NC2CCOC2C)c1. The molecule has 2 atom stereocenters. The minimum Gasteiger partial charge on any atom is -0.377 e. The van der Waals surface area contributed by atoms with Crippen molar-refractivity contribution >= 4 is 17.3 Å². The normalized spacial score (nSPS) is 22.8. The number of carbonyl (C=O) groups excluding carboxylic acids is 1. The third kappa shape index (κ3) is 2.98. The Balaban J connectivity index is 2.13. The first-order valence-corrected chi connectivity index (χ1v) is 6.01. The molecule has 1 heterocycles.